The third-order valence-corrected chi connectivity index (χ3v) is 5.75. The molecule has 2 aromatic carbocycles. The van der Waals surface area contributed by atoms with Crippen LogP contribution in [-0.4, -0.2) is 48.7 Å². The first-order chi connectivity index (χ1) is 16.2. The molecule has 1 saturated heterocycles. The highest BCUT2D eigenvalue weighted by Crippen LogP contribution is 2.22. The lowest BCUT2D eigenvalue weighted by Crippen LogP contribution is -2.38. The number of ether oxygens (including phenoxy) is 2. The molecule has 0 saturated carbocycles. The quantitative estimate of drug-likeness (QED) is 0.387. The van der Waals surface area contributed by atoms with Crippen molar-refractivity contribution in [3.63, 3.8) is 0 Å². The molecule has 1 fully saturated rings. The minimum atomic E-state index is 0.203. The molecule has 7 nitrogen and oxygen atoms in total. The van der Waals surface area contributed by atoms with Gasteiger partial charge in [-0.2, -0.15) is 5.10 Å². The Balaban J connectivity index is 1.25. The van der Waals surface area contributed by atoms with E-state index in [0.29, 0.717) is 13.2 Å². The zero-order valence-corrected chi connectivity index (χ0v) is 19.5. The lowest BCUT2D eigenvalue weighted by atomic mass is 10.1. The summed E-state index contributed by atoms with van der Waals surface area (Å²) in [6.07, 6.45) is 7.02. The van der Waals surface area contributed by atoms with Gasteiger partial charge < -0.3 is 20.1 Å². The number of hydrogen-bond donors (Lipinski definition) is 2. The average Bonchev–Trinajstić information content (AvgIpc) is 3.56. The maximum atomic E-state index is 6.11. The van der Waals surface area contributed by atoms with Gasteiger partial charge in [0.15, 0.2) is 5.96 Å². The molecular weight excluding hydrogens is 414 g/mol. The van der Waals surface area contributed by atoms with E-state index in [0.717, 1.165) is 55.4 Å². The fraction of sp³-hybridized carbons (Fsp3) is 0.385. The Morgan fingerprint density at radius 3 is 2.82 bits per heavy atom. The maximum Gasteiger partial charge on any atom is 0.191 e. The molecule has 0 amide bonds. The van der Waals surface area contributed by atoms with Crippen LogP contribution in [0.3, 0.4) is 0 Å². The minimum Gasteiger partial charge on any atom is -0.491 e. The van der Waals surface area contributed by atoms with Crippen LogP contribution in [0.1, 0.15) is 29.5 Å². The molecule has 0 radical (unpaired) electrons. The Kier molecular flexibility index (Phi) is 7.98. The predicted molar refractivity (Wildman–Crippen MR) is 131 cm³/mol. The van der Waals surface area contributed by atoms with Crippen molar-refractivity contribution in [3.8, 4) is 11.4 Å². The zero-order chi connectivity index (χ0) is 22.9. The molecule has 0 bridgehead atoms. The van der Waals surface area contributed by atoms with Crippen molar-refractivity contribution in [1.82, 2.24) is 20.4 Å². The summed E-state index contributed by atoms with van der Waals surface area (Å²) in [5.74, 6) is 1.68. The van der Waals surface area contributed by atoms with Crippen molar-refractivity contribution in [1.29, 1.82) is 0 Å². The van der Waals surface area contributed by atoms with E-state index in [2.05, 4.69) is 70.1 Å². The van der Waals surface area contributed by atoms with Crippen molar-refractivity contribution in [2.24, 2.45) is 4.99 Å². The summed E-state index contributed by atoms with van der Waals surface area (Å²) in [7, 11) is 1.79. The molecule has 3 aromatic rings. The molecule has 33 heavy (non-hydrogen) atoms. The van der Waals surface area contributed by atoms with Crippen LogP contribution < -0.4 is 15.4 Å². The first-order valence-corrected chi connectivity index (χ1v) is 11.6. The third kappa shape index (κ3) is 6.58. The Labute approximate surface area is 195 Å². The van der Waals surface area contributed by atoms with Crippen LogP contribution in [0, 0.1) is 6.92 Å². The van der Waals surface area contributed by atoms with Gasteiger partial charge in [0.05, 0.1) is 11.8 Å². The van der Waals surface area contributed by atoms with E-state index in [-0.39, 0.29) is 6.10 Å². The van der Waals surface area contributed by atoms with Gasteiger partial charge >= 0.3 is 0 Å². The number of nitrogens with zero attached hydrogens (tertiary/aromatic N) is 3. The van der Waals surface area contributed by atoms with Crippen LogP contribution in [0.4, 0.5) is 0 Å². The van der Waals surface area contributed by atoms with Gasteiger partial charge in [-0.25, -0.2) is 4.68 Å². The summed E-state index contributed by atoms with van der Waals surface area (Å²) in [5.41, 5.74) is 4.61. The average molecular weight is 448 g/mol. The summed E-state index contributed by atoms with van der Waals surface area (Å²) in [6, 6.07) is 16.7. The van der Waals surface area contributed by atoms with Crippen molar-refractivity contribution in [3.05, 3.63) is 77.6 Å². The maximum absolute atomic E-state index is 6.11. The predicted octanol–water partition coefficient (Wildman–Crippen LogP) is 3.65. The first kappa shape index (κ1) is 22.9. The summed E-state index contributed by atoms with van der Waals surface area (Å²) in [6.45, 7) is 4.95. The number of nitrogens with one attached hydrogen (secondary N) is 2. The van der Waals surface area contributed by atoms with Crippen LogP contribution >= 0.6 is 0 Å². The summed E-state index contributed by atoms with van der Waals surface area (Å²) in [4.78, 5) is 4.36. The van der Waals surface area contributed by atoms with Crippen LogP contribution in [0.25, 0.3) is 5.69 Å². The second kappa shape index (κ2) is 11.5. The van der Waals surface area contributed by atoms with Gasteiger partial charge in [0.2, 0.25) is 0 Å². The molecule has 174 valence electrons. The fourth-order valence-corrected chi connectivity index (χ4v) is 3.86. The first-order valence-electron chi connectivity index (χ1n) is 11.6. The number of benzene rings is 2. The highest BCUT2D eigenvalue weighted by Gasteiger charge is 2.17. The molecule has 1 atom stereocenters. The SMILES string of the molecule is CN=C(NCCc1ccc(-n2cccn2)cc1)NCc1ccc(C)cc1OCC1CCCO1. The highest BCUT2D eigenvalue weighted by atomic mass is 16.5. The number of hydrogen-bond acceptors (Lipinski definition) is 4. The van der Waals surface area contributed by atoms with Gasteiger partial charge in [-0.15, -0.1) is 0 Å². The van der Waals surface area contributed by atoms with Crippen molar-refractivity contribution in [2.75, 3.05) is 26.8 Å². The van der Waals surface area contributed by atoms with E-state index in [1.54, 1.807) is 13.2 Å². The van der Waals surface area contributed by atoms with E-state index in [1.807, 2.05) is 16.9 Å². The highest BCUT2D eigenvalue weighted by molar-refractivity contribution is 5.79. The number of aromatic nitrogens is 2. The van der Waals surface area contributed by atoms with Crippen molar-refractivity contribution in [2.45, 2.75) is 38.8 Å². The number of aliphatic imine (C=N–C) groups is 1. The van der Waals surface area contributed by atoms with Crippen LogP contribution in [0.2, 0.25) is 0 Å². The lowest BCUT2D eigenvalue weighted by molar-refractivity contribution is 0.0676. The Bertz CT molecular complexity index is 1030. The number of guanidine groups is 1. The van der Waals surface area contributed by atoms with Crippen molar-refractivity contribution >= 4 is 5.96 Å². The standard InChI is InChI=1S/C26H33N5O2/c1-20-6-9-22(25(17-20)33-19-24-5-3-16-32-24)18-29-26(27-2)28-14-12-21-7-10-23(11-8-21)31-15-4-13-30-31/h4,6-11,13,15,17,24H,3,5,12,14,16,18-19H2,1-2H3,(H2,27,28,29). The molecule has 0 spiro atoms. The molecule has 1 unspecified atom stereocenters. The number of rotatable bonds is 9. The van der Waals surface area contributed by atoms with Crippen molar-refractivity contribution < 1.29 is 9.47 Å². The molecule has 4 rings (SSSR count). The lowest BCUT2D eigenvalue weighted by Gasteiger charge is -2.17. The zero-order valence-electron chi connectivity index (χ0n) is 19.5. The van der Waals surface area contributed by atoms with E-state index in [4.69, 9.17) is 9.47 Å². The third-order valence-electron chi connectivity index (χ3n) is 5.75. The normalized spacial score (nSPS) is 16.1. The summed E-state index contributed by atoms with van der Waals surface area (Å²) in [5, 5.41) is 11.1. The smallest absolute Gasteiger partial charge is 0.191 e. The Hall–Kier alpha value is -3.32. The summed E-state index contributed by atoms with van der Waals surface area (Å²) >= 11 is 0. The molecule has 1 aromatic heterocycles. The van der Waals surface area contributed by atoms with E-state index >= 15 is 0 Å². The van der Waals surface area contributed by atoms with Gasteiger partial charge in [-0.05, 0) is 61.6 Å². The second-order valence-corrected chi connectivity index (χ2v) is 8.28. The van der Waals surface area contributed by atoms with Gasteiger partial charge in [-0.3, -0.25) is 4.99 Å². The molecule has 2 N–H and O–H groups in total. The molecule has 1 aliphatic heterocycles. The van der Waals surface area contributed by atoms with Gasteiger partial charge in [0.1, 0.15) is 12.4 Å². The van der Waals surface area contributed by atoms with Crippen LogP contribution in [-0.2, 0) is 17.7 Å². The summed E-state index contributed by atoms with van der Waals surface area (Å²) < 4.78 is 13.7. The fourth-order valence-electron chi connectivity index (χ4n) is 3.86. The van der Waals surface area contributed by atoms with Gasteiger partial charge in [0, 0.05) is 44.7 Å². The Morgan fingerprint density at radius 1 is 1.21 bits per heavy atom. The molecule has 1 aliphatic rings. The monoisotopic (exact) mass is 447 g/mol. The second-order valence-electron chi connectivity index (χ2n) is 8.28. The molecule has 7 heteroatoms. The molecule has 0 aliphatic carbocycles. The molecule has 2 heterocycles. The van der Waals surface area contributed by atoms with Gasteiger partial charge in [0.25, 0.3) is 0 Å². The van der Waals surface area contributed by atoms with Crippen LogP contribution in [0.5, 0.6) is 5.75 Å². The van der Waals surface area contributed by atoms with E-state index in [1.165, 1.54) is 11.1 Å². The topological polar surface area (TPSA) is 72.7 Å². The van der Waals surface area contributed by atoms with E-state index in [9.17, 15) is 0 Å². The molecular formula is C26H33N5O2. The van der Waals surface area contributed by atoms with E-state index < -0.39 is 0 Å². The minimum absolute atomic E-state index is 0.203. The van der Waals surface area contributed by atoms with Gasteiger partial charge in [-0.1, -0.05) is 24.3 Å². The Morgan fingerprint density at radius 2 is 2.09 bits per heavy atom. The largest absolute Gasteiger partial charge is 0.491 e. The number of aryl methyl sites for hydroxylation is 1. The van der Waals surface area contributed by atoms with Crippen LogP contribution in [0.15, 0.2) is 65.9 Å².